The largest absolute Gasteiger partial charge is 0.488 e. The summed E-state index contributed by atoms with van der Waals surface area (Å²) in [6.07, 6.45) is 0. The molecule has 0 atom stereocenters. The van der Waals surface area contributed by atoms with E-state index in [1.54, 1.807) is 13.8 Å². The van der Waals surface area contributed by atoms with Crippen LogP contribution in [0.2, 0.25) is 0 Å². The van der Waals surface area contributed by atoms with Gasteiger partial charge in [0.2, 0.25) is 0 Å². The van der Waals surface area contributed by atoms with E-state index in [0.717, 1.165) is 6.07 Å². The first-order valence-electron chi connectivity index (χ1n) is 5.89. The Morgan fingerprint density at radius 3 is 2.30 bits per heavy atom. The molecule has 0 saturated carbocycles. The zero-order chi connectivity index (χ0) is 15.3. The van der Waals surface area contributed by atoms with Crippen molar-refractivity contribution in [2.75, 3.05) is 13.2 Å². The van der Waals surface area contributed by atoms with Crippen molar-refractivity contribution in [3.63, 3.8) is 0 Å². The Kier molecular flexibility index (Phi) is 5.43. The minimum atomic E-state index is -1.30. The van der Waals surface area contributed by atoms with Crippen LogP contribution in [0.4, 0.5) is 8.78 Å². The van der Waals surface area contributed by atoms with E-state index < -0.39 is 23.2 Å². The van der Waals surface area contributed by atoms with Gasteiger partial charge in [-0.2, -0.15) is 0 Å². The lowest BCUT2D eigenvalue weighted by atomic mass is 10.1. The number of hydrogen-bond acceptors (Lipinski definition) is 3. The maximum Gasteiger partial charge on any atom is 0.345 e. The Morgan fingerprint density at radius 2 is 1.75 bits per heavy atom. The zero-order valence-corrected chi connectivity index (χ0v) is 11.5. The predicted molar refractivity (Wildman–Crippen MR) is 71.8 cm³/mol. The van der Waals surface area contributed by atoms with E-state index in [-0.39, 0.29) is 19.0 Å². The third-order valence-corrected chi connectivity index (χ3v) is 2.18. The average Bonchev–Trinajstić information content (AvgIpc) is 2.37. The highest BCUT2D eigenvalue weighted by Gasteiger charge is 2.23. The number of rotatable bonds is 6. The van der Waals surface area contributed by atoms with Crippen LogP contribution >= 0.6 is 0 Å². The van der Waals surface area contributed by atoms with Crippen molar-refractivity contribution in [2.24, 2.45) is 0 Å². The van der Waals surface area contributed by atoms with Crippen LogP contribution in [0.15, 0.2) is 36.4 Å². The van der Waals surface area contributed by atoms with E-state index in [0.29, 0.717) is 11.1 Å². The first-order valence-corrected chi connectivity index (χ1v) is 5.89. The summed E-state index contributed by atoms with van der Waals surface area (Å²) in [6.45, 7) is 10.5. The lowest BCUT2D eigenvalue weighted by Crippen LogP contribution is -2.13. The molecule has 0 aliphatic carbocycles. The summed E-state index contributed by atoms with van der Waals surface area (Å²) in [5, 5.41) is 0. The number of benzene rings is 1. The molecular formula is C15H16F2O3. The van der Waals surface area contributed by atoms with Crippen LogP contribution in [-0.2, 0) is 4.74 Å². The highest BCUT2D eigenvalue weighted by atomic mass is 19.2. The molecule has 5 heteroatoms. The van der Waals surface area contributed by atoms with E-state index >= 15 is 0 Å². The molecule has 0 amide bonds. The highest BCUT2D eigenvalue weighted by molar-refractivity contribution is 5.93. The summed E-state index contributed by atoms with van der Waals surface area (Å²) in [4.78, 5) is 11.8. The van der Waals surface area contributed by atoms with Gasteiger partial charge in [0.15, 0.2) is 11.6 Å². The van der Waals surface area contributed by atoms with Crippen LogP contribution < -0.4 is 4.74 Å². The molecule has 0 spiro atoms. The summed E-state index contributed by atoms with van der Waals surface area (Å²) in [7, 11) is 0. The van der Waals surface area contributed by atoms with Crippen LogP contribution in [0.5, 0.6) is 5.75 Å². The number of hydrogen-bond donors (Lipinski definition) is 0. The van der Waals surface area contributed by atoms with Crippen molar-refractivity contribution in [1.29, 1.82) is 0 Å². The molecule has 0 heterocycles. The lowest BCUT2D eigenvalue weighted by molar-refractivity contribution is 0.0529. The second kappa shape index (κ2) is 6.84. The van der Waals surface area contributed by atoms with Crippen molar-refractivity contribution in [3.8, 4) is 5.75 Å². The SMILES string of the molecule is C=C(C)COC(=O)c1c(OCC(=C)C)ccc(F)c1F. The number of carbonyl (C=O) groups is 1. The van der Waals surface area contributed by atoms with Gasteiger partial charge >= 0.3 is 5.97 Å². The molecule has 1 aromatic carbocycles. The first kappa shape index (κ1) is 15.9. The Hall–Kier alpha value is -2.17. The predicted octanol–water partition coefficient (Wildman–Crippen LogP) is 3.65. The summed E-state index contributed by atoms with van der Waals surface area (Å²) in [5.41, 5.74) is 0.697. The second-order valence-corrected chi connectivity index (χ2v) is 4.51. The van der Waals surface area contributed by atoms with Gasteiger partial charge < -0.3 is 9.47 Å². The number of halogens is 2. The molecule has 0 aliphatic heterocycles. The average molecular weight is 282 g/mol. The third kappa shape index (κ3) is 4.19. The molecule has 20 heavy (non-hydrogen) atoms. The van der Waals surface area contributed by atoms with Crippen molar-refractivity contribution < 1.29 is 23.0 Å². The summed E-state index contributed by atoms with van der Waals surface area (Å²) in [6, 6.07) is 2.07. The Bertz CT molecular complexity index is 550. The van der Waals surface area contributed by atoms with Crippen LogP contribution in [0.25, 0.3) is 0 Å². The van der Waals surface area contributed by atoms with Crippen LogP contribution in [0.3, 0.4) is 0 Å². The van der Waals surface area contributed by atoms with Gasteiger partial charge in [-0.1, -0.05) is 13.2 Å². The summed E-state index contributed by atoms with van der Waals surface area (Å²) < 4.78 is 37.1. The van der Waals surface area contributed by atoms with Crippen LogP contribution in [-0.4, -0.2) is 19.2 Å². The fraction of sp³-hybridized carbons (Fsp3) is 0.267. The number of carbonyl (C=O) groups excluding carboxylic acids is 1. The smallest absolute Gasteiger partial charge is 0.345 e. The Labute approximate surface area is 116 Å². The molecule has 0 aliphatic rings. The molecule has 0 N–H and O–H groups in total. The van der Waals surface area contributed by atoms with Crippen LogP contribution in [0.1, 0.15) is 24.2 Å². The molecular weight excluding hydrogens is 266 g/mol. The minimum Gasteiger partial charge on any atom is -0.488 e. The van der Waals surface area contributed by atoms with Crippen molar-refractivity contribution in [1.82, 2.24) is 0 Å². The van der Waals surface area contributed by atoms with Gasteiger partial charge in [-0.15, -0.1) is 0 Å². The highest BCUT2D eigenvalue weighted by Crippen LogP contribution is 2.25. The molecule has 0 unspecified atom stereocenters. The standard InChI is InChI=1S/C15H16F2O3/c1-9(2)7-19-12-6-5-11(16)14(17)13(12)15(18)20-8-10(3)4/h5-6H,1,3,7-8H2,2,4H3. The van der Waals surface area contributed by atoms with E-state index in [4.69, 9.17) is 9.47 Å². The molecule has 1 rings (SSSR count). The summed E-state index contributed by atoms with van der Waals surface area (Å²) >= 11 is 0. The van der Waals surface area contributed by atoms with Gasteiger partial charge in [0.1, 0.15) is 24.5 Å². The fourth-order valence-electron chi connectivity index (χ4n) is 1.31. The number of ether oxygens (including phenoxy) is 2. The molecule has 0 aromatic heterocycles. The maximum atomic E-state index is 13.8. The molecule has 3 nitrogen and oxygen atoms in total. The quantitative estimate of drug-likeness (QED) is 0.590. The lowest BCUT2D eigenvalue weighted by Gasteiger charge is -2.12. The zero-order valence-electron chi connectivity index (χ0n) is 11.5. The second-order valence-electron chi connectivity index (χ2n) is 4.51. The summed E-state index contributed by atoms with van der Waals surface area (Å²) in [5.74, 6) is -3.52. The van der Waals surface area contributed by atoms with Crippen molar-refractivity contribution in [3.05, 3.63) is 53.6 Å². The fourth-order valence-corrected chi connectivity index (χ4v) is 1.31. The number of esters is 1. The first-order chi connectivity index (χ1) is 9.32. The topological polar surface area (TPSA) is 35.5 Å². The molecule has 0 radical (unpaired) electrons. The van der Waals surface area contributed by atoms with E-state index in [1.807, 2.05) is 0 Å². The van der Waals surface area contributed by atoms with Gasteiger partial charge in [0.05, 0.1) is 0 Å². The Morgan fingerprint density at radius 1 is 1.15 bits per heavy atom. The molecule has 0 fully saturated rings. The monoisotopic (exact) mass is 282 g/mol. The molecule has 108 valence electrons. The van der Waals surface area contributed by atoms with Gasteiger partial charge in [-0.25, -0.2) is 13.6 Å². The molecule has 1 aromatic rings. The van der Waals surface area contributed by atoms with Gasteiger partial charge in [0.25, 0.3) is 0 Å². The van der Waals surface area contributed by atoms with Crippen LogP contribution in [0, 0.1) is 11.6 Å². The normalized spacial score (nSPS) is 10.0. The molecule has 0 saturated heterocycles. The maximum absolute atomic E-state index is 13.8. The minimum absolute atomic E-state index is 0.0747. The van der Waals surface area contributed by atoms with Gasteiger partial charge in [-0.3, -0.25) is 0 Å². The van der Waals surface area contributed by atoms with E-state index in [9.17, 15) is 13.6 Å². The van der Waals surface area contributed by atoms with E-state index in [1.165, 1.54) is 6.07 Å². The van der Waals surface area contributed by atoms with Crippen molar-refractivity contribution in [2.45, 2.75) is 13.8 Å². The van der Waals surface area contributed by atoms with Crippen molar-refractivity contribution >= 4 is 5.97 Å². The molecule has 0 bridgehead atoms. The van der Waals surface area contributed by atoms with E-state index in [2.05, 4.69) is 13.2 Å². The third-order valence-electron chi connectivity index (χ3n) is 2.18. The Balaban J connectivity index is 3.06. The van der Waals surface area contributed by atoms with Gasteiger partial charge in [0, 0.05) is 0 Å². The van der Waals surface area contributed by atoms with Gasteiger partial charge in [-0.05, 0) is 37.1 Å².